The van der Waals surface area contributed by atoms with E-state index in [-0.39, 0.29) is 11.8 Å². The molecule has 1 unspecified atom stereocenters. The highest BCUT2D eigenvalue weighted by molar-refractivity contribution is 5.79. The standard InChI is InChI=1S/C18H24N4O.2C2HF3O2/c1-14(2)22-12-16(11-21-8-4-6-17(21)13-22)18(23)20-10-15-5-3-7-19-9-15;2*3-2(4,5)1(6)7/h3-9,14,16H,10-13H2,1-2H3,(H,20,23);2*(H,6,7). The largest absolute Gasteiger partial charge is 0.490 e. The number of pyridine rings is 1. The molecule has 3 heterocycles. The fraction of sp³-hybridized carbons (Fsp3) is 0.455. The molecule has 1 amide bonds. The minimum atomic E-state index is -5.08. The maximum atomic E-state index is 12.7. The van der Waals surface area contributed by atoms with Crippen molar-refractivity contribution in [3.63, 3.8) is 0 Å². The summed E-state index contributed by atoms with van der Waals surface area (Å²) in [5, 5.41) is 17.3. The van der Waals surface area contributed by atoms with Gasteiger partial charge in [0.05, 0.1) is 5.92 Å². The molecule has 0 aromatic carbocycles. The van der Waals surface area contributed by atoms with Crippen LogP contribution in [0.3, 0.4) is 0 Å². The third-order valence-corrected chi connectivity index (χ3v) is 4.94. The van der Waals surface area contributed by atoms with Crippen molar-refractivity contribution >= 4 is 17.8 Å². The molecule has 37 heavy (non-hydrogen) atoms. The van der Waals surface area contributed by atoms with Gasteiger partial charge in [-0.25, -0.2) is 9.59 Å². The first kappa shape index (κ1) is 31.4. The monoisotopic (exact) mass is 540 g/mol. The molecule has 2 aromatic heterocycles. The lowest BCUT2D eigenvalue weighted by atomic mass is 10.1. The summed E-state index contributed by atoms with van der Waals surface area (Å²) in [5.74, 6) is -5.44. The van der Waals surface area contributed by atoms with E-state index in [9.17, 15) is 31.1 Å². The third-order valence-electron chi connectivity index (χ3n) is 4.94. The first-order chi connectivity index (χ1) is 17.0. The van der Waals surface area contributed by atoms with Gasteiger partial charge in [-0.3, -0.25) is 14.7 Å². The molecule has 1 aliphatic heterocycles. The number of carbonyl (C=O) groups excluding carboxylic acids is 1. The zero-order valence-electron chi connectivity index (χ0n) is 19.8. The quantitative estimate of drug-likeness (QED) is 0.509. The van der Waals surface area contributed by atoms with E-state index >= 15 is 0 Å². The first-order valence-electron chi connectivity index (χ1n) is 10.7. The zero-order chi connectivity index (χ0) is 28.4. The van der Waals surface area contributed by atoms with Crippen molar-refractivity contribution in [2.75, 3.05) is 6.54 Å². The van der Waals surface area contributed by atoms with Crippen molar-refractivity contribution in [3.8, 4) is 0 Å². The number of rotatable bonds is 4. The van der Waals surface area contributed by atoms with Crippen LogP contribution in [-0.2, 0) is 34.0 Å². The van der Waals surface area contributed by atoms with Crippen molar-refractivity contribution in [1.82, 2.24) is 19.8 Å². The van der Waals surface area contributed by atoms with Crippen molar-refractivity contribution in [1.29, 1.82) is 0 Å². The van der Waals surface area contributed by atoms with Gasteiger partial charge in [-0.1, -0.05) is 6.07 Å². The number of aliphatic carboxylic acids is 2. The number of amides is 1. The van der Waals surface area contributed by atoms with Crippen LogP contribution in [-0.4, -0.2) is 67.4 Å². The summed E-state index contributed by atoms with van der Waals surface area (Å²) in [7, 11) is 0. The number of aromatic nitrogens is 2. The molecule has 1 atom stereocenters. The highest BCUT2D eigenvalue weighted by Gasteiger charge is 2.38. The maximum Gasteiger partial charge on any atom is 0.490 e. The number of hydrogen-bond acceptors (Lipinski definition) is 5. The van der Waals surface area contributed by atoms with Gasteiger partial charge >= 0.3 is 24.3 Å². The third kappa shape index (κ3) is 11.3. The highest BCUT2D eigenvalue weighted by Crippen LogP contribution is 2.19. The number of carboxylic acids is 2. The van der Waals surface area contributed by atoms with Crippen LogP contribution in [0.4, 0.5) is 26.3 Å². The minimum Gasteiger partial charge on any atom is -0.475 e. The molecular weight excluding hydrogens is 514 g/mol. The van der Waals surface area contributed by atoms with Crippen LogP contribution < -0.4 is 5.32 Å². The molecule has 3 N–H and O–H groups in total. The fourth-order valence-electron chi connectivity index (χ4n) is 3.02. The molecule has 0 bridgehead atoms. The summed E-state index contributed by atoms with van der Waals surface area (Å²) >= 11 is 0. The molecule has 3 rings (SSSR count). The van der Waals surface area contributed by atoms with Crippen LogP contribution in [0.2, 0.25) is 0 Å². The molecule has 0 saturated heterocycles. The van der Waals surface area contributed by atoms with E-state index in [0.717, 1.165) is 25.2 Å². The Bertz CT molecular complexity index is 1000. The lowest BCUT2D eigenvalue weighted by molar-refractivity contribution is -0.193. The molecule has 15 heteroatoms. The number of nitrogens with one attached hydrogen (secondary N) is 1. The SMILES string of the molecule is CC(C)N1Cc2cccn2CC(C(=O)NCc2cccnc2)C1.O=C(O)C(F)(F)F.O=C(O)C(F)(F)F. The number of halogens is 6. The van der Waals surface area contributed by atoms with Crippen LogP contribution in [0.15, 0.2) is 42.9 Å². The molecule has 0 fully saturated rings. The highest BCUT2D eigenvalue weighted by atomic mass is 19.4. The Balaban J connectivity index is 0.000000404. The second-order valence-corrected chi connectivity index (χ2v) is 8.06. The van der Waals surface area contributed by atoms with Gasteiger partial charge in [0, 0.05) is 56.5 Å². The average Bonchev–Trinajstić information content (AvgIpc) is 3.14. The summed E-state index contributed by atoms with van der Waals surface area (Å²) in [4.78, 5) is 36.9. The number of carboxylic acid groups (broad SMARTS) is 2. The van der Waals surface area contributed by atoms with Crippen LogP contribution in [0.1, 0.15) is 25.1 Å². The topological polar surface area (TPSA) is 125 Å². The Morgan fingerprint density at radius 1 is 1.03 bits per heavy atom. The van der Waals surface area contributed by atoms with Crippen LogP contribution in [0.25, 0.3) is 0 Å². The molecular formula is C22H26F6N4O5. The van der Waals surface area contributed by atoms with Gasteiger partial charge in [0.25, 0.3) is 0 Å². The van der Waals surface area contributed by atoms with E-state index in [4.69, 9.17) is 19.8 Å². The van der Waals surface area contributed by atoms with E-state index in [0.29, 0.717) is 12.6 Å². The minimum absolute atomic E-state index is 0.0391. The number of nitrogens with zero attached hydrogens (tertiary/aromatic N) is 3. The summed E-state index contributed by atoms with van der Waals surface area (Å²) < 4.78 is 65.7. The van der Waals surface area contributed by atoms with Crippen LogP contribution in [0.5, 0.6) is 0 Å². The summed E-state index contributed by atoms with van der Waals surface area (Å²) in [6, 6.07) is 8.49. The van der Waals surface area contributed by atoms with Gasteiger partial charge in [0.15, 0.2) is 0 Å². The molecule has 0 spiro atoms. The molecule has 0 radical (unpaired) electrons. The Labute approximate surface area is 207 Å². The van der Waals surface area contributed by atoms with Crippen LogP contribution in [0, 0.1) is 5.92 Å². The Morgan fingerprint density at radius 2 is 1.59 bits per heavy atom. The van der Waals surface area contributed by atoms with E-state index in [1.807, 2.05) is 12.1 Å². The van der Waals surface area contributed by atoms with Crippen LogP contribution >= 0.6 is 0 Å². The lowest BCUT2D eigenvalue weighted by Gasteiger charge is -2.27. The van der Waals surface area contributed by atoms with E-state index in [1.54, 1.807) is 12.4 Å². The van der Waals surface area contributed by atoms with E-state index in [1.165, 1.54) is 5.69 Å². The van der Waals surface area contributed by atoms with Gasteiger partial charge in [0.1, 0.15) is 0 Å². The molecule has 1 aliphatic rings. The van der Waals surface area contributed by atoms with Crippen molar-refractivity contribution < 1.29 is 50.9 Å². The molecule has 0 saturated carbocycles. The Kier molecular flexibility index (Phi) is 11.6. The second-order valence-electron chi connectivity index (χ2n) is 8.06. The Morgan fingerprint density at radius 3 is 2.05 bits per heavy atom. The van der Waals surface area contributed by atoms with Gasteiger partial charge in [-0.15, -0.1) is 0 Å². The van der Waals surface area contributed by atoms with Gasteiger partial charge in [-0.05, 0) is 37.6 Å². The maximum absolute atomic E-state index is 12.7. The second kappa shape index (κ2) is 13.6. The van der Waals surface area contributed by atoms with E-state index in [2.05, 4.69) is 51.9 Å². The van der Waals surface area contributed by atoms with E-state index < -0.39 is 24.3 Å². The van der Waals surface area contributed by atoms with Crippen molar-refractivity contribution in [2.24, 2.45) is 5.92 Å². The van der Waals surface area contributed by atoms with Gasteiger partial charge in [-0.2, -0.15) is 26.3 Å². The molecule has 206 valence electrons. The number of fused-ring (bicyclic) bond motifs is 1. The number of carbonyl (C=O) groups is 3. The normalized spacial score (nSPS) is 15.8. The number of hydrogen-bond donors (Lipinski definition) is 3. The molecule has 0 aliphatic carbocycles. The lowest BCUT2D eigenvalue weighted by Crippen LogP contribution is -2.40. The first-order valence-corrected chi connectivity index (χ1v) is 10.7. The predicted octanol–water partition coefficient (Wildman–Crippen LogP) is 3.31. The summed E-state index contributed by atoms with van der Waals surface area (Å²) in [5.41, 5.74) is 2.30. The number of alkyl halides is 6. The summed E-state index contributed by atoms with van der Waals surface area (Å²) in [6.07, 6.45) is -4.57. The predicted molar refractivity (Wildman–Crippen MR) is 117 cm³/mol. The average molecular weight is 540 g/mol. The van der Waals surface area contributed by atoms with Crippen molar-refractivity contribution in [3.05, 3.63) is 54.1 Å². The smallest absolute Gasteiger partial charge is 0.475 e. The van der Waals surface area contributed by atoms with Gasteiger partial charge in [0.2, 0.25) is 5.91 Å². The summed E-state index contributed by atoms with van der Waals surface area (Å²) in [6.45, 7) is 7.33. The van der Waals surface area contributed by atoms with Crippen molar-refractivity contribution in [2.45, 2.75) is 51.9 Å². The molecule has 2 aromatic rings. The Hall–Kier alpha value is -3.62. The zero-order valence-corrected chi connectivity index (χ0v) is 19.8. The van der Waals surface area contributed by atoms with Gasteiger partial charge < -0.3 is 20.1 Å². The molecule has 9 nitrogen and oxygen atoms in total. The fourth-order valence-corrected chi connectivity index (χ4v) is 3.02.